The van der Waals surface area contributed by atoms with E-state index in [9.17, 15) is 9.90 Å². The van der Waals surface area contributed by atoms with E-state index >= 15 is 0 Å². The van der Waals surface area contributed by atoms with Gasteiger partial charge in [0.15, 0.2) is 13.0 Å². The number of nitrogens with zero attached hydrogens (tertiary/aromatic N) is 1. The minimum Gasteiger partial charge on any atom is -0.467 e. The standard InChI is InChI=1S/C20H22INO4/c1-12-10-14(21)15-16(17(12)26-11-25-4)19(24)22(18(15)23)20(2,3)13-8-6-5-7-9-13/h5-10,19,24H,11H2,1-4H3. The lowest BCUT2D eigenvalue weighted by atomic mass is 9.92. The van der Waals surface area contributed by atoms with Crippen molar-refractivity contribution in [3.63, 3.8) is 0 Å². The summed E-state index contributed by atoms with van der Waals surface area (Å²) in [5.41, 5.74) is 2.13. The molecule has 0 fully saturated rings. The third-order valence-corrected chi connectivity index (χ3v) is 5.64. The highest BCUT2D eigenvalue weighted by Crippen LogP contribution is 2.47. The summed E-state index contributed by atoms with van der Waals surface area (Å²) in [6, 6.07) is 11.6. The molecular formula is C20H22INO4. The maximum absolute atomic E-state index is 13.3. The van der Waals surface area contributed by atoms with E-state index in [4.69, 9.17) is 9.47 Å². The highest BCUT2D eigenvalue weighted by molar-refractivity contribution is 14.1. The molecule has 1 N–H and O–H groups in total. The molecule has 0 saturated heterocycles. The highest BCUT2D eigenvalue weighted by atomic mass is 127. The molecule has 0 spiro atoms. The number of methoxy groups -OCH3 is 1. The topological polar surface area (TPSA) is 59.0 Å². The normalized spacial score (nSPS) is 16.8. The first kappa shape index (κ1) is 19.1. The van der Waals surface area contributed by atoms with Crippen LogP contribution < -0.4 is 4.74 Å². The van der Waals surface area contributed by atoms with Gasteiger partial charge in [-0.15, -0.1) is 0 Å². The van der Waals surface area contributed by atoms with E-state index in [0.717, 1.165) is 14.7 Å². The van der Waals surface area contributed by atoms with Crippen molar-refractivity contribution < 1.29 is 19.4 Å². The number of aryl methyl sites for hydroxylation is 1. The van der Waals surface area contributed by atoms with Crippen LogP contribution >= 0.6 is 22.6 Å². The summed E-state index contributed by atoms with van der Waals surface area (Å²) in [4.78, 5) is 14.8. The van der Waals surface area contributed by atoms with Crippen molar-refractivity contribution >= 4 is 28.5 Å². The molecule has 26 heavy (non-hydrogen) atoms. The Morgan fingerprint density at radius 3 is 2.54 bits per heavy atom. The first-order valence-electron chi connectivity index (χ1n) is 8.32. The van der Waals surface area contributed by atoms with Gasteiger partial charge in [0.1, 0.15) is 5.75 Å². The van der Waals surface area contributed by atoms with Crippen LogP contribution in [0.2, 0.25) is 0 Å². The Morgan fingerprint density at radius 1 is 1.27 bits per heavy atom. The van der Waals surface area contributed by atoms with Gasteiger partial charge >= 0.3 is 0 Å². The summed E-state index contributed by atoms with van der Waals surface area (Å²) in [6.45, 7) is 5.82. The molecule has 1 atom stereocenters. The zero-order valence-corrected chi connectivity index (χ0v) is 17.4. The first-order valence-corrected chi connectivity index (χ1v) is 9.40. The fourth-order valence-electron chi connectivity index (χ4n) is 3.46. The Kier molecular flexibility index (Phi) is 5.28. The van der Waals surface area contributed by atoms with Gasteiger partial charge in [-0.2, -0.15) is 0 Å². The van der Waals surface area contributed by atoms with Crippen LogP contribution in [0.15, 0.2) is 36.4 Å². The number of amides is 1. The largest absolute Gasteiger partial charge is 0.467 e. The van der Waals surface area contributed by atoms with E-state index in [1.165, 1.54) is 12.0 Å². The molecule has 1 heterocycles. The molecule has 0 aromatic heterocycles. The highest BCUT2D eigenvalue weighted by Gasteiger charge is 2.47. The van der Waals surface area contributed by atoms with Gasteiger partial charge in [0.05, 0.1) is 16.7 Å². The lowest BCUT2D eigenvalue weighted by Gasteiger charge is -2.38. The fourth-order valence-corrected chi connectivity index (χ4v) is 4.45. The number of hydrogen-bond acceptors (Lipinski definition) is 4. The summed E-state index contributed by atoms with van der Waals surface area (Å²) >= 11 is 2.14. The Bertz CT molecular complexity index is 835. The molecule has 1 aliphatic rings. The van der Waals surface area contributed by atoms with Crippen molar-refractivity contribution in [3.8, 4) is 5.75 Å². The lowest BCUT2D eigenvalue weighted by molar-refractivity contribution is -0.0327. The average Bonchev–Trinajstić information content (AvgIpc) is 2.87. The number of aliphatic hydroxyl groups excluding tert-OH is 1. The van der Waals surface area contributed by atoms with Crippen molar-refractivity contribution in [1.82, 2.24) is 4.90 Å². The molecule has 0 radical (unpaired) electrons. The van der Waals surface area contributed by atoms with Crippen molar-refractivity contribution in [1.29, 1.82) is 0 Å². The number of fused-ring (bicyclic) bond motifs is 1. The summed E-state index contributed by atoms with van der Waals surface area (Å²) in [7, 11) is 1.54. The van der Waals surface area contributed by atoms with E-state index < -0.39 is 11.8 Å². The van der Waals surface area contributed by atoms with Crippen LogP contribution in [0.4, 0.5) is 0 Å². The Balaban J connectivity index is 2.13. The minimum atomic E-state index is -1.09. The predicted molar refractivity (Wildman–Crippen MR) is 107 cm³/mol. The zero-order chi connectivity index (χ0) is 19.1. The van der Waals surface area contributed by atoms with Gasteiger partial charge in [-0.3, -0.25) is 9.69 Å². The minimum absolute atomic E-state index is 0.0524. The molecule has 2 aromatic carbocycles. The molecule has 5 nitrogen and oxygen atoms in total. The molecule has 1 unspecified atom stereocenters. The number of halogens is 1. The number of hydrogen-bond donors (Lipinski definition) is 1. The van der Waals surface area contributed by atoms with Gasteiger partial charge in [0.25, 0.3) is 5.91 Å². The van der Waals surface area contributed by atoms with Gasteiger partial charge in [-0.25, -0.2) is 0 Å². The summed E-state index contributed by atoms with van der Waals surface area (Å²) < 4.78 is 11.5. The molecule has 6 heteroatoms. The molecule has 0 bridgehead atoms. The SMILES string of the molecule is COCOc1c(C)cc(I)c2c1C(O)N(C(C)(C)c1ccccc1)C2=O. The van der Waals surface area contributed by atoms with Gasteiger partial charge in [-0.1, -0.05) is 30.3 Å². The monoisotopic (exact) mass is 467 g/mol. The van der Waals surface area contributed by atoms with Crippen molar-refractivity contribution in [2.45, 2.75) is 32.5 Å². The molecule has 1 aliphatic heterocycles. The Labute approximate surface area is 167 Å². The lowest BCUT2D eigenvalue weighted by Crippen LogP contribution is -2.44. The summed E-state index contributed by atoms with van der Waals surface area (Å²) in [6.07, 6.45) is -1.09. The van der Waals surface area contributed by atoms with Crippen LogP contribution in [0.1, 0.15) is 47.1 Å². The fraction of sp³-hybridized carbons (Fsp3) is 0.350. The molecule has 1 amide bonds. The molecular weight excluding hydrogens is 445 g/mol. The van der Waals surface area contributed by atoms with Gasteiger partial charge in [0.2, 0.25) is 0 Å². The third kappa shape index (κ3) is 3.00. The average molecular weight is 467 g/mol. The third-order valence-electron chi connectivity index (χ3n) is 4.79. The number of ether oxygens (including phenoxy) is 2. The number of aliphatic hydroxyl groups is 1. The second kappa shape index (κ2) is 7.17. The summed E-state index contributed by atoms with van der Waals surface area (Å²) in [5.74, 6) is 0.308. The number of carbonyl (C=O) groups is 1. The smallest absolute Gasteiger partial charge is 0.258 e. The van der Waals surface area contributed by atoms with Gasteiger partial charge < -0.3 is 14.6 Å². The van der Waals surface area contributed by atoms with E-state index in [2.05, 4.69) is 22.6 Å². The molecule has 0 aliphatic carbocycles. The van der Waals surface area contributed by atoms with Crippen LogP contribution in [0.3, 0.4) is 0 Å². The molecule has 2 aromatic rings. The number of benzene rings is 2. The van der Waals surface area contributed by atoms with Crippen molar-refractivity contribution in [3.05, 3.63) is 62.2 Å². The van der Waals surface area contributed by atoms with E-state index in [1.54, 1.807) is 0 Å². The maximum Gasteiger partial charge on any atom is 0.258 e. The van der Waals surface area contributed by atoms with Crippen LogP contribution in [0, 0.1) is 10.5 Å². The van der Waals surface area contributed by atoms with Crippen LogP contribution in [0.5, 0.6) is 5.75 Å². The molecule has 0 saturated carbocycles. The molecule has 138 valence electrons. The van der Waals surface area contributed by atoms with E-state index in [1.807, 2.05) is 57.2 Å². The van der Waals surface area contributed by atoms with Crippen LogP contribution in [-0.4, -0.2) is 29.8 Å². The second-order valence-electron chi connectivity index (χ2n) is 6.82. The first-order chi connectivity index (χ1) is 12.3. The maximum atomic E-state index is 13.3. The van der Waals surface area contributed by atoms with Crippen LogP contribution in [-0.2, 0) is 10.3 Å². The zero-order valence-electron chi connectivity index (χ0n) is 15.2. The van der Waals surface area contributed by atoms with Gasteiger partial charge in [0, 0.05) is 10.7 Å². The Hall–Kier alpha value is -1.64. The second-order valence-corrected chi connectivity index (χ2v) is 7.98. The van der Waals surface area contributed by atoms with Crippen LogP contribution in [0.25, 0.3) is 0 Å². The van der Waals surface area contributed by atoms with E-state index in [-0.39, 0.29) is 12.7 Å². The predicted octanol–water partition coefficient (Wildman–Crippen LogP) is 3.96. The number of rotatable bonds is 5. The number of carbonyl (C=O) groups excluding carboxylic acids is 1. The van der Waals surface area contributed by atoms with Gasteiger partial charge in [-0.05, 0) is 60.6 Å². The Morgan fingerprint density at radius 2 is 1.92 bits per heavy atom. The van der Waals surface area contributed by atoms with Crippen molar-refractivity contribution in [2.24, 2.45) is 0 Å². The quantitative estimate of drug-likeness (QED) is 0.535. The molecule has 3 rings (SSSR count). The summed E-state index contributed by atoms with van der Waals surface area (Å²) in [5, 5.41) is 11.1. The van der Waals surface area contributed by atoms with Crippen molar-refractivity contribution in [2.75, 3.05) is 13.9 Å². The van der Waals surface area contributed by atoms with E-state index in [0.29, 0.717) is 16.9 Å².